The highest BCUT2D eigenvalue weighted by Gasteiger charge is 2.33. The lowest BCUT2D eigenvalue weighted by atomic mass is 10.0. The number of nitrogens with zero attached hydrogens (tertiary/aromatic N) is 9. The summed E-state index contributed by atoms with van der Waals surface area (Å²) in [6.45, 7) is 4.66. The third-order valence-electron chi connectivity index (χ3n) is 7.75. The van der Waals surface area contributed by atoms with E-state index in [9.17, 15) is 0 Å². The van der Waals surface area contributed by atoms with Crippen molar-refractivity contribution in [1.82, 2.24) is 43.9 Å². The van der Waals surface area contributed by atoms with E-state index in [-0.39, 0.29) is 5.92 Å². The van der Waals surface area contributed by atoms with Crippen LogP contribution in [0.4, 0.5) is 0 Å². The van der Waals surface area contributed by atoms with Gasteiger partial charge in [-0.2, -0.15) is 10.2 Å². The fourth-order valence-electron chi connectivity index (χ4n) is 5.75. The number of hydrogen-bond acceptors (Lipinski definition) is 7. The molecule has 0 aliphatic heterocycles. The van der Waals surface area contributed by atoms with Crippen LogP contribution in [0.5, 0.6) is 5.88 Å². The van der Waals surface area contributed by atoms with Crippen LogP contribution in [0, 0.1) is 0 Å². The molecule has 6 aromatic rings. The number of benzene rings is 1. The van der Waals surface area contributed by atoms with Gasteiger partial charge in [0.15, 0.2) is 5.65 Å². The first-order chi connectivity index (χ1) is 19.9. The number of methoxy groups -OCH3 is 2. The van der Waals surface area contributed by atoms with Gasteiger partial charge in [0.1, 0.15) is 18.2 Å². The van der Waals surface area contributed by atoms with E-state index in [4.69, 9.17) is 24.5 Å². The molecule has 0 unspecified atom stereocenters. The molecule has 7 rings (SSSR count). The zero-order chi connectivity index (χ0) is 28.4. The predicted molar refractivity (Wildman–Crippen MR) is 156 cm³/mol. The third kappa shape index (κ3) is 4.19. The summed E-state index contributed by atoms with van der Waals surface area (Å²) in [6, 6.07) is 8.41. The molecule has 1 saturated carbocycles. The van der Waals surface area contributed by atoms with Gasteiger partial charge >= 0.3 is 0 Å². The van der Waals surface area contributed by atoms with E-state index in [0.29, 0.717) is 18.5 Å². The molecule has 1 aliphatic rings. The summed E-state index contributed by atoms with van der Waals surface area (Å²) in [5.74, 6) is 2.11. The van der Waals surface area contributed by atoms with Crippen molar-refractivity contribution in [2.75, 3.05) is 14.2 Å². The quantitative estimate of drug-likeness (QED) is 0.257. The van der Waals surface area contributed by atoms with E-state index in [2.05, 4.69) is 53.9 Å². The second kappa shape index (κ2) is 9.55. The van der Waals surface area contributed by atoms with Crippen LogP contribution in [0.25, 0.3) is 50.3 Å². The molecule has 1 aliphatic carbocycles. The van der Waals surface area contributed by atoms with E-state index in [1.54, 1.807) is 18.9 Å². The number of hydrogen-bond donors (Lipinski definition) is 0. The van der Waals surface area contributed by atoms with E-state index in [0.717, 1.165) is 68.8 Å². The molecule has 5 heterocycles. The van der Waals surface area contributed by atoms with Gasteiger partial charge in [-0.25, -0.2) is 19.3 Å². The van der Waals surface area contributed by atoms with Gasteiger partial charge < -0.3 is 14.0 Å². The lowest BCUT2D eigenvalue weighted by Gasteiger charge is -2.12. The molecule has 0 saturated heterocycles. The van der Waals surface area contributed by atoms with E-state index in [1.807, 2.05) is 41.1 Å². The van der Waals surface area contributed by atoms with E-state index >= 15 is 0 Å². The Morgan fingerprint density at radius 3 is 2.54 bits per heavy atom. The van der Waals surface area contributed by atoms with Crippen LogP contribution in [0.2, 0.25) is 0 Å². The number of fused-ring (bicyclic) bond motifs is 2. The van der Waals surface area contributed by atoms with Gasteiger partial charge in [-0.15, -0.1) is 5.10 Å². The Bertz CT molecular complexity index is 1920. The van der Waals surface area contributed by atoms with Crippen LogP contribution in [-0.4, -0.2) is 58.1 Å². The minimum atomic E-state index is 0.219. The average Bonchev–Trinajstić information content (AvgIpc) is 3.26. The Hall–Kier alpha value is -4.51. The molecular formula is C30H33N9O2. The molecule has 0 radical (unpaired) electrons. The molecule has 0 atom stereocenters. The fourth-order valence-corrected chi connectivity index (χ4v) is 5.75. The number of ether oxygens (including phenoxy) is 2. The van der Waals surface area contributed by atoms with E-state index in [1.165, 1.54) is 5.69 Å². The van der Waals surface area contributed by atoms with Gasteiger partial charge in [0.2, 0.25) is 0 Å². The summed E-state index contributed by atoms with van der Waals surface area (Å²) in [5.41, 5.74) is 7.75. The molecule has 5 aromatic heterocycles. The number of aromatic nitrogens is 9. The van der Waals surface area contributed by atoms with Crippen LogP contribution in [-0.2, 0) is 25.6 Å². The van der Waals surface area contributed by atoms with Crippen LogP contribution in [0.3, 0.4) is 0 Å². The Morgan fingerprint density at radius 1 is 0.976 bits per heavy atom. The third-order valence-corrected chi connectivity index (χ3v) is 7.75. The van der Waals surface area contributed by atoms with Crippen molar-refractivity contribution in [1.29, 1.82) is 0 Å². The summed E-state index contributed by atoms with van der Waals surface area (Å²) in [5, 5.41) is 15.9. The Balaban J connectivity index is 1.41. The Kier molecular flexibility index (Phi) is 5.93. The van der Waals surface area contributed by atoms with Crippen LogP contribution < -0.4 is 4.74 Å². The molecule has 0 bridgehead atoms. The Morgan fingerprint density at radius 2 is 1.80 bits per heavy atom. The summed E-state index contributed by atoms with van der Waals surface area (Å²) in [6.07, 6.45) is 8.24. The first-order valence-electron chi connectivity index (χ1n) is 13.9. The molecule has 1 aromatic carbocycles. The highest BCUT2D eigenvalue weighted by molar-refractivity contribution is 5.95. The van der Waals surface area contributed by atoms with Crippen LogP contribution in [0.15, 0.2) is 42.9 Å². The molecule has 0 spiro atoms. The molecule has 41 heavy (non-hydrogen) atoms. The lowest BCUT2D eigenvalue weighted by Crippen LogP contribution is -2.03. The highest BCUT2D eigenvalue weighted by Crippen LogP contribution is 2.47. The SMILES string of the molecule is COCn1cc(-n2cc3c(-c4nc(-c5cc6cn(C)nc6nc5C(C)C)n(C)c4C4CC4)cccc3n2)c(OC)n1. The van der Waals surface area contributed by atoms with Crippen molar-refractivity contribution < 1.29 is 9.47 Å². The zero-order valence-electron chi connectivity index (χ0n) is 24.2. The van der Waals surface area contributed by atoms with Gasteiger partial charge in [0, 0.05) is 67.1 Å². The first kappa shape index (κ1) is 25.5. The molecule has 0 amide bonds. The number of imidazole rings is 1. The monoisotopic (exact) mass is 551 g/mol. The molecule has 1 fully saturated rings. The number of aryl methyl sites for hydroxylation is 1. The summed E-state index contributed by atoms with van der Waals surface area (Å²) in [7, 11) is 7.31. The van der Waals surface area contributed by atoms with Crippen molar-refractivity contribution in [3.63, 3.8) is 0 Å². The minimum Gasteiger partial charge on any atom is -0.478 e. The second-order valence-corrected chi connectivity index (χ2v) is 11.1. The second-order valence-electron chi connectivity index (χ2n) is 11.1. The molecule has 11 heteroatoms. The topological polar surface area (TPSA) is 103 Å². The summed E-state index contributed by atoms with van der Waals surface area (Å²) in [4.78, 5) is 10.3. The molecular weight excluding hydrogens is 518 g/mol. The maximum atomic E-state index is 5.55. The standard InChI is InChI=1S/C30H33N9O2/c1-17(2)25-21(12-19-13-36(3)34-28(19)31-25)29-32-26(27(37(29)4)18-10-11-18)20-8-7-9-23-22(20)14-39(33-23)24-15-38(16-40-5)35-30(24)41-6/h7-9,12-15,17-18H,10-11,16H2,1-6H3. The normalized spacial score (nSPS) is 13.7. The van der Waals surface area contributed by atoms with E-state index < -0.39 is 0 Å². The smallest absolute Gasteiger partial charge is 0.258 e. The number of rotatable bonds is 8. The summed E-state index contributed by atoms with van der Waals surface area (Å²) >= 11 is 0. The van der Waals surface area contributed by atoms with Gasteiger partial charge in [0.05, 0.1) is 30.2 Å². The summed E-state index contributed by atoms with van der Waals surface area (Å²) < 4.78 is 18.4. The maximum absolute atomic E-state index is 5.55. The predicted octanol–water partition coefficient (Wildman–Crippen LogP) is 5.18. The van der Waals surface area contributed by atoms with Gasteiger partial charge in [-0.3, -0.25) is 4.68 Å². The van der Waals surface area contributed by atoms with Crippen molar-refractivity contribution in [2.24, 2.45) is 14.1 Å². The van der Waals surface area contributed by atoms with Gasteiger partial charge in [-0.05, 0) is 30.9 Å². The highest BCUT2D eigenvalue weighted by atomic mass is 16.5. The van der Waals surface area contributed by atoms with Crippen molar-refractivity contribution in [3.8, 4) is 34.2 Å². The van der Waals surface area contributed by atoms with Gasteiger partial charge in [-0.1, -0.05) is 26.0 Å². The lowest BCUT2D eigenvalue weighted by molar-refractivity contribution is 0.119. The average molecular weight is 552 g/mol. The maximum Gasteiger partial charge on any atom is 0.258 e. The molecule has 11 nitrogen and oxygen atoms in total. The van der Waals surface area contributed by atoms with Crippen LogP contribution >= 0.6 is 0 Å². The zero-order valence-corrected chi connectivity index (χ0v) is 24.2. The first-order valence-corrected chi connectivity index (χ1v) is 13.9. The van der Waals surface area contributed by atoms with Crippen molar-refractivity contribution in [3.05, 3.63) is 54.2 Å². The largest absolute Gasteiger partial charge is 0.478 e. The van der Waals surface area contributed by atoms with Gasteiger partial charge in [0.25, 0.3) is 5.88 Å². The Labute approximate surface area is 237 Å². The van der Waals surface area contributed by atoms with Crippen molar-refractivity contribution in [2.45, 2.75) is 45.3 Å². The number of pyridine rings is 1. The fraction of sp³-hybridized carbons (Fsp3) is 0.367. The van der Waals surface area contributed by atoms with Crippen molar-refractivity contribution >= 4 is 21.9 Å². The molecule has 0 N–H and O–H groups in total. The molecule has 210 valence electrons. The minimum absolute atomic E-state index is 0.219. The van der Waals surface area contributed by atoms with Crippen LogP contribution in [0.1, 0.15) is 49.9 Å².